The second kappa shape index (κ2) is 6.04. The van der Waals surface area contributed by atoms with Crippen molar-refractivity contribution in [3.63, 3.8) is 0 Å². The Labute approximate surface area is 113 Å². The maximum Gasteiger partial charge on any atom is 0.324 e. The maximum atomic E-state index is 5.84. The van der Waals surface area contributed by atoms with Gasteiger partial charge in [-0.2, -0.15) is 9.97 Å². The molecule has 1 aromatic heterocycles. The largest absolute Gasteiger partial charge is 0.464 e. The van der Waals surface area contributed by atoms with Crippen molar-refractivity contribution in [3.8, 4) is 12.0 Å². The van der Waals surface area contributed by atoms with Crippen LogP contribution in [0.15, 0.2) is 0 Å². The van der Waals surface area contributed by atoms with E-state index in [2.05, 4.69) is 28.8 Å². The van der Waals surface area contributed by atoms with Crippen LogP contribution in [-0.2, 0) is 0 Å². The van der Waals surface area contributed by atoms with Gasteiger partial charge in [0.25, 0.3) is 0 Å². The Morgan fingerprint density at radius 3 is 2.32 bits per heavy atom. The second-order valence-electron chi connectivity index (χ2n) is 5.35. The summed E-state index contributed by atoms with van der Waals surface area (Å²) in [6, 6.07) is 0.490. The Hall–Kier alpha value is -1.59. The van der Waals surface area contributed by atoms with Gasteiger partial charge in [0.2, 0.25) is 5.95 Å². The summed E-state index contributed by atoms with van der Waals surface area (Å²) in [4.78, 5) is 12.0. The standard InChI is InChI=1S/C13H22N4O2/c1-4-18-12-15-11(14)16-13(17-12)19-10-6-8(2)5-9(3)7-10/h8-10H,4-7H2,1-3H3,(H2,14,15,16,17). The zero-order chi connectivity index (χ0) is 13.8. The van der Waals surface area contributed by atoms with Gasteiger partial charge in [0, 0.05) is 0 Å². The first kappa shape index (κ1) is 13.8. The number of rotatable bonds is 4. The second-order valence-corrected chi connectivity index (χ2v) is 5.35. The molecular weight excluding hydrogens is 244 g/mol. The molecule has 0 radical (unpaired) electrons. The molecule has 0 aliphatic heterocycles. The molecule has 2 unspecified atom stereocenters. The van der Waals surface area contributed by atoms with Crippen LogP contribution in [-0.4, -0.2) is 27.7 Å². The summed E-state index contributed by atoms with van der Waals surface area (Å²) >= 11 is 0. The molecule has 2 rings (SSSR count). The monoisotopic (exact) mass is 266 g/mol. The lowest BCUT2D eigenvalue weighted by molar-refractivity contribution is 0.0908. The SMILES string of the molecule is CCOc1nc(N)nc(OC2CC(C)CC(C)C2)n1. The molecule has 6 heteroatoms. The van der Waals surface area contributed by atoms with Crippen LogP contribution in [0.1, 0.15) is 40.0 Å². The lowest BCUT2D eigenvalue weighted by atomic mass is 9.82. The number of nitrogens with zero attached hydrogens (tertiary/aromatic N) is 3. The lowest BCUT2D eigenvalue weighted by Gasteiger charge is -2.30. The van der Waals surface area contributed by atoms with E-state index in [0.29, 0.717) is 18.4 Å². The highest BCUT2D eigenvalue weighted by Gasteiger charge is 2.26. The smallest absolute Gasteiger partial charge is 0.324 e. The molecule has 0 aromatic carbocycles. The van der Waals surface area contributed by atoms with E-state index in [0.717, 1.165) is 12.8 Å². The number of hydrogen-bond donors (Lipinski definition) is 1. The van der Waals surface area contributed by atoms with Crippen molar-refractivity contribution >= 4 is 5.95 Å². The molecule has 1 fully saturated rings. The highest BCUT2D eigenvalue weighted by Crippen LogP contribution is 2.30. The highest BCUT2D eigenvalue weighted by molar-refractivity contribution is 5.20. The number of hydrogen-bond acceptors (Lipinski definition) is 6. The third-order valence-electron chi connectivity index (χ3n) is 3.29. The van der Waals surface area contributed by atoms with Crippen molar-refractivity contribution in [3.05, 3.63) is 0 Å². The fourth-order valence-electron chi connectivity index (χ4n) is 2.72. The van der Waals surface area contributed by atoms with Gasteiger partial charge >= 0.3 is 12.0 Å². The molecule has 2 N–H and O–H groups in total. The van der Waals surface area contributed by atoms with E-state index in [1.165, 1.54) is 6.42 Å². The van der Waals surface area contributed by atoms with Gasteiger partial charge in [-0.25, -0.2) is 0 Å². The fourth-order valence-corrected chi connectivity index (χ4v) is 2.72. The van der Waals surface area contributed by atoms with Gasteiger partial charge < -0.3 is 15.2 Å². The van der Waals surface area contributed by atoms with E-state index in [9.17, 15) is 0 Å². The van der Waals surface area contributed by atoms with Crippen molar-refractivity contribution in [2.24, 2.45) is 11.8 Å². The van der Waals surface area contributed by atoms with Crippen molar-refractivity contribution in [2.75, 3.05) is 12.3 Å². The molecule has 0 saturated heterocycles. The van der Waals surface area contributed by atoms with E-state index >= 15 is 0 Å². The normalized spacial score (nSPS) is 27.0. The number of nitrogens with two attached hydrogens (primary N) is 1. The summed E-state index contributed by atoms with van der Waals surface area (Å²) in [6.07, 6.45) is 3.46. The van der Waals surface area contributed by atoms with Gasteiger partial charge in [0.1, 0.15) is 6.10 Å². The summed E-state index contributed by atoms with van der Waals surface area (Å²) in [6.45, 7) is 6.85. The molecule has 1 saturated carbocycles. The molecule has 1 aromatic rings. The Bertz CT molecular complexity index is 417. The predicted molar refractivity (Wildman–Crippen MR) is 72.0 cm³/mol. The topological polar surface area (TPSA) is 83.2 Å². The Kier molecular flexibility index (Phi) is 4.39. The van der Waals surface area contributed by atoms with Crippen LogP contribution in [0.2, 0.25) is 0 Å². The zero-order valence-corrected chi connectivity index (χ0v) is 11.8. The van der Waals surface area contributed by atoms with Gasteiger partial charge in [-0.05, 0) is 38.0 Å². The van der Waals surface area contributed by atoms with Crippen LogP contribution in [0.5, 0.6) is 12.0 Å². The predicted octanol–water partition coefficient (Wildman–Crippen LogP) is 2.06. The van der Waals surface area contributed by atoms with E-state index in [4.69, 9.17) is 15.2 Å². The third-order valence-corrected chi connectivity index (χ3v) is 3.29. The third kappa shape index (κ3) is 3.94. The van der Waals surface area contributed by atoms with Crippen LogP contribution >= 0.6 is 0 Å². The fraction of sp³-hybridized carbons (Fsp3) is 0.769. The van der Waals surface area contributed by atoms with E-state index in [-0.39, 0.29) is 24.1 Å². The van der Waals surface area contributed by atoms with Crippen LogP contribution in [0, 0.1) is 11.8 Å². The minimum atomic E-state index is 0.130. The molecule has 106 valence electrons. The van der Waals surface area contributed by atoms with Gasteiger partial charge in [0.15, 0.2) is 0 Å². The Morgan fingerprint density at radius 1 is 1.05 bits per heavy atom. The van der Waals surface area contributed by atoms with Crippen LogP contribution < -0.4 is 15.2 Å². The molecule has 19 heavy (non-hydrogen) atoms. The molecule has 0 bridgehead atoms. The number of aromatic nitrogens is 3. The Morgan fingerprint density at radius 2 is 1.68 bits per heavy atom. The quantitative estimate of drug-likeness (QED) is 0.898. The molecule has 6 nitrogen and oxygen atoms in total. The van der Waals surface area contributed by atoms with Gasteiger partial charge in [0.05, 0.1) is 6.61 Å². The maximum absolute atomic E-state index is 5.84. The summed E-state index contributed by atoms with van der Waals surface area (Å²) in [5.41, 5.74) is 5.63. The summed E-state index contributed by atoms with van der Waals surface area (Å²) < 4.78 is 11.1. The Balaban J connectivity index is 2.05. The molecule has 1 aliphatic rings. The van der Waals surface area contributed by atoms with E-state index < -0.39 is 0 Å². The molecular formula is C13H22N4O2. The molecule has 1 heterocycles. The van der Waals surface area contributed by atoms with Crippen molar-refractivity contribution in [1.29, 1.82) is 0 Å². The summed E-state index contributed by atoms with van der Waals surface area (Å²) in [5, 5.41) is 0. The lowest BCUT2D eigenvalue weighted by Crippen LogP contribution is -2.29. The van der Waals surface area contributed by atoms with Gasteiger partial charge in [-0.3, -0.25) is 0 Å². The minimum Gasteiger partial charge on any atom is -0.464 e. The number of ether oxygens (including phenoxy) is 2. The minimum absolute atomic E-state index is 0.130. The highest BCUT2D eigenvalue weighted by atomic mass is 16.5. The van der Waals surface area contributed by atoms with Gasteiger partial charge in [-0.15, -0.1) is 4.98 Å². The molecule has 2 atom stereocenters. The average Bonchev–Trinajstić information content (AvgIpc) is 2.26. The van der Waals surface area contributed by atoms with Crippen molar-refractivity contribution in [1.82, 2.24) is 15.0 Å². The molecule has 0 spiro atoms. The summed E-state index contributed by atoms with van der Waals surface area (Å²) in [7, 11) is 0. The summed E-state index contributed by atoms with van der Waals surface area (Å²) in [5.74, 6) is 1.46. The van der Waals surface area contributed by atoms with E-state index in [1.54, 1.807) is 0 Å². The van der Waals surface area contributed by atoms with E-state index in [1.807, 2.05) is 6.92 Å². The van der Waals surface area contributed by atoms with Crippen molar-refractivity contribution in [2.45, 2.75) is 46.1 Å². The van der Waals surface area contributed by atoms with Gasteiger partial charge in [-0.1, -0.05) is 13.8 Å². The van der Waals surface area contributed by atoms with Crippen LogP contribution in [0.3, 0.4) is 0 Å². The van der Waals surface area contributed by atoms with Crippen LogP contribution in [0.4, 0.5) is 5.95 Å². The first-order valence-corrected chi connectivity index (χ1v) is 6.87. The average molecular weight is 266 g/mol. The number of nitrogen functional groups attached to an aromatic ring is 1. The molecule has 0 amide bonds. The van der Waals surface area contributed by atoms with Crippen molar-refractivity contribution < 1.29 is 9.47 Å². The first-order valence-electron chi connectivity index (χ1n) is 6.87. The molecule has 1 aliphatic carbocycles. The first-order chi connectivity index (χ1) is 9.06. The number of anilines is 1. The zero-order valence-electron chi connectivity index (χ0n) is 11.8. The van der Waals surface area contributed by atoms with Crippen LogP contribution in [0.25, 0.3) is 0 Å².